The minimum Gasteiger partial charge on any atom is -0.288 e. The molecule has 0 unspecified atom stereocenters. The number of carbonyl (C=O) groups is 1. The molecule has 2 heterocycles. The van der Waals surface area contributed by atoms with Crippen LogP contribution in [0.2, 0.25) is 0 Å². The van der Waals surface area contributed by atoms with Crippen molar-refractivity contribution in [3.05, 3.63) is 59.0 Å². The van der Waals surface area contributed by atoms with Gasteiger partial charge in [-0.1, -0.05) is 12.1 Å². The van der Waals surface area contributed by atoms with Gasteiger partial charge in [-0.05, 0) is 48.9 Å². The zero-order valence-corrected chi connectivity index (χ0v) is 14.9. The third kappa shape index (κ3) is 2.47. The van der Waals surface area contributed by atoms with E-state index in [4.69, 9.17) is 10.2 Å². The molecule has 1 aliphatic rings. The summed E-state index contributed by atoms with van der Waals surface area (Å²) in [6, 6.07) is 8.24. The van der Waals surface area contributed by atoms with Crippen LogP contribution in [-0.4, -0.2) is 26.3 Å². The monoisotopic (exact) mass is 376 g/mol. The minimum absolute atomic E-state index is 0.340. The third-order valence-electron chi connectivity index (χ3n) is 5.47. The molecule has 4 aromatic rings. The molecule has 3 N–H and O–H groups in total. The standard InChI is InChI=1S/C21H17FN4O2/c22-16-9-17-15(10-23-25-17)18-13-3-1-2-4-14(13)19(24-20(16)18)11-5-7-12(8-6-11)21(27)26-28/h5-10,28H,1-4H2,(H,23,25)(H,26,27). The number of halogens is 1. The Balaban J connectivity index is 1.79. The molecule has 0 spiro atoms. The van der Waals surface area contributed by atoms with Crippen molar-refractivity contribution in [3.8, 4) is 11.3 Å². The third-order valence-corrected chi connectivity index (χ3v) is 5.47. The SMILES string of the molecule is O=C(NO)c1ccc(-c2nc3c(F)cc4[nH]ncc4c3c3c2CCCC3)cc1. The molecule has 0 fully saturated rings. The number of nitrogens with one attached hydrogen (secondary N) is 2. The maximum Gasteiger partial charge on any atom is 0.274 e. The van der Waals surface area contributed by atoms with Gasteiger partial charge in [0.2, 0.25) is 0 Å². The van der Waals surface area contributed by atoms with Gasteiger partial charge in [0.15, 0.2) is 5.82 Å². The first kappa shape index (κ1) is 16.8. The Hall–Kier alpha value is -3.32. The molecule has 0 bridgehead atoms. The summed E-state index contributed by atoms with van der Waals surface area (Å²) in [4.78, 5) is 16.3. The lowest BCUT2D eigenvalue weighted by Crippen LogP contribution is -2.18. The van der Waals surface area contributed by atoms with Crippen LogP contribution in [-0.2, 0) is 12.8 Å². The van der Waals surface area contributed by atoms with E-state index < -0.39 is 5.91 Å². The summed E-state index contributed by atoms with van der Waals surface area (Å²) in [7, 11) is 0. The number of pyridine rings is 1. The fourth-order valence-electron chi connectivity index (χ4n) is 4.17. The van der Waals surface area contributed by atoms with Crippen molar-refractivity contribution in [1.29, 1.82) is 0 Å². The van der Waals surface area contributed by atoms with Crippen molar-refractivity contribution in [2.75, 3.05) is 0 Å². The van der Waals surface area contributed by atoms with Crippen molar-refractivity contribution >= 4 is 27.7 Å². The second kappa shape index (κ2) is 6.38. The quantitative estimate of drug-likeness (QED) is 0.365. The van der Waals surface area contributed by atoms with E-state index in [9.17, 15) is 9.18 Å². The highest BCUT2D eigenvalue weighted by molar-refractivity contribution is 6.08. The van der Waals surface area contributed by atoms with Crippen LogP contribution < -0.4 is 5.48 Å². The number of amides is 1. The first-order valence-electron chi connectivity index (χ1n) is 9.19. The molecule has 7 heteroatoms. The molecule has 1 aliphatic carbocycles. The molecule has 0 aliphatic heterocycles. The number of hydrogen-bond donors (Lipinski definition) is 3. The van der Waals surface area contributed by atoms with Gasteiger partial charge in [-0.25, -0.2) is 14.9 Å². The highest BCUT2D eigenvalue weighted by Crippen LogP contribution is 2.38. The molecule has 28 heavy (non-hydrogen) atoms. The van der Waals surface area contributed by atoms with Crippen molar-refractivity contribution in [2.45, 2.75) is 25.7 Å². The Morgan fingerprint density at radius 3 is 2.64 bits per heavy atom. The van der Waals surface area contributed by atoms with E-state index in [2.05, 4.69) is 10.2 Å². The average Bonchev–Trinajstić information content (AvgIpc) is 3.20. The van der Waals surface area contributed by atoms with Gasteiger partial charge >= 0.3 is 0 Å². The molecule has 140 valence electrons. The summed E-state index contributed by atoms with van der Waals surface area (Å²) in [6.45, 7) is 0. The number of carbonyl (C=O) groups excluding carboxylic acids is 1. The highest BCUT2D eigenvalue weighted by atomic mass is 19.1. The first-order chi connectivity index (χ1) is 13.7. The molecule has 0 radical (unpaired) electrons. The van der Waals surface area contributed by atoms with E-state index in [1.807, 2.05) is 0 Å². The first-order valence-corrected chi connectivity index (χ1v) is 9.19. The lowest BCUT2D eigenvalue weighted by Gasteiger charge is -2.22. The summed E-state index contributed by atoms with van der Waals surface area (Å²) < 4.78 is 14.9. The fraction of sp³-hybridized carbons (Fsp3) is 0.190. The number of rotatable bonds is 2. The normalized spacial score (nSPS) is 13.6. The van der Waals surface area contributed by atoms with E-state index in [0.717, 1.165) is 58.8 Å². The molecule has 0 saturated heterocycles. The van der Waals surface area contributed by atoms with E-state index in [-0.39, 0.29) is 5.82 Å². The van der Waals surface area contributed by atoms with Crippen molar-refractivity contribution in [1.82, 2.24) is 20.7 Å². The van der Waals surface area contributed by atoms with Crippen molar-refractivity contribution in [2.24, 2.45) is 0 Å². The smallest absolute Gasteiger partial charge is 0.274 e. The largest absolute Gasteiger partial charge is 0.288 e. The second-order valence-electron chi connectivity index (χ2n) is 7.06. The Bertz CT molecular complexity index is 1230. The lowest BCUT2D eigenvalue weighted by atomic mass is 9.85. The van der Waals surface area contributed by atoms with Crippen LogP contribution in [0.15, 0.2) is 36.5 Å². The van der Waals surface area contributed by atoms with Gasteiger partial charge in [-0.15, -0.1) is 0 Å². The Morgan fingerprint density at radius 2 is 1.89 bits per heavy atom. The van der Waals surface area contributed by atoms with Gasteiger partial charge in [0.05, 0.1) is 17.4 Å². The number of nitrogens with zero attached hydrogens (tertiary/aromatic N) is 2. The van der Waals surface area contributed by atoms with Gasteiger partial charge in [-0.3, -0.25) is 15.1 Å². The highest BCUT2D eigenvalue weighted by Gasteiger charge is 2.23. The summed E-state index contributed by atoms with van der Waals surface area (Å²) in [5.74, 6) is -0.953. The predicted molar refractivity (Wildman–Crippen MR) is 103 cm³/mol. The maximum absolute atomic E-state index is 14.9. The second-order valence-corrected chi connectivity index (χ2v) is 7.06. The molecule has 0 saturated carbocycles. The van der Waals surface area contributed by atoms with Crippen LogP contribution in [0.5, 0.6) is 0 Å². The number of hydrogen-bond acceptors (Lipinski definition) is 4. The maximum atomic E-state index is 14.9. The van der Waals surface area contributed by atoms with Crippen LogP contribution >= 0.6 is 0 Å². The Labute approximate surface area is 159 Å². The molecule has 2 aromatic carbocycles. The number of aromatic amines is 1. The molecule has 6 nitrogen and oxygen atoms in total. The van der Waals surface area contributed by atoms with Gasteiger partial charge in [0, 0.05) is 28.0 Å². The molecule has 1 amide bonds. The summed E-state index contributed by atoms with van der Waals surface area (Å²) in [6.07, 6.45) is 5.59. The minimum atomic E-state index is -0.576. The van der Waals surface area contributed by atoms with Crippen LogP contribution in [0, 0.1) is 5.82 Å². The van der Waals surface area contributed by atoms with Crippen LogP contribution in [0.25, 0.3) is 33.1 Å². The number of aryl methyl sites for hydroxylation is 1. The van der Waals surface area contributed by atoms with E-state index >= 15 is 0 Å². The van der Waals surface area contributed by atoms with Gasteiger partial charge in [0.1, 0.15) is 5.52 Å². The van der Waals surface area contributed by atoms with E-state index in [1.54, 1.807) is 35.9 Å². The van der Waals surface area contributed by atoms with Gasteiger partial charge in [-0.2, -0.15) is 5.10 Å². The Morgan fingerprint density at radius 1 is 1.14 bits per heavy atom. The average molecular weight is 376 g/mol. The molecular weight excluding hydrogens is 359 g/mol. The summed E-state index contributed by atoms with van der Waals surface area (Å²) >= 11 is 0. The van der Waals surface area contributed by atoms with Crippen LogP contribution in [0.3, 0.4) is 0 Å². The number of fused-ring (bicyclic) bond motifs is 5. The number of hydroxylamine groups is 1. The van der Waals surface area contributed by atoms with Gasteiger partial charge in [0.25, 0.3) is 5.91 Å². The molecule has 5 rings (SSSR count). The van der Waals surface area contributed by atoms with Crippen LogP contribution in [0.1, 0.15) is 34.3 Å². The van der Waals surface area contributed by atoms with Crippen LogP contribution in [0.4, 0.5) is 4.39 Å². The number of H-pyrrole nitrogens is 1. The predicted octanol–water partition coefficient (Wildman–Crippen LogP) is 3.92. The molecule has 2 aromatic heterocycles. The zero-order valence-electron chi connectivity index (χ0n) is 14.9. The summed E-state index contributed by atoms with van der Waals surface area (Å²) in [5.41, 5.74) is 6.82. The number of benzene rings is 2. The van der Waals surface area contributed by atoms with Crippen molar-refractivity contribution < 1.29 is 14.4 Å². The van der Waals surface area contributed by atoms with Crippen molar-refractivity contribution in [3.63, 3.8) is 0 Å². The van der Waals surface area contributed by atoms with Gasteiger partial charge < -0.3 is 0 Å². The van der Waals surface area contributed by atoms with E-state index in [1.165, 1.54) is 6.07 Å². The molecular formula is C21H17FN4O2. The lowest BCUT2D eigenvalue weighted by molar-refractivity contribution is 0.0706. The molecule has 0 atom stereocenters. The fourth-order valence-corrected chi connectivity index (χ4v) is 4.17. The number of aromatic nitrogens is 3. The zero-order chi connectivity index (χ0) is 19.3. The topological polar surface area (TPSA) is 90.9 Å². The summed E-state index contributed by atoms with van der Waals surface area (Å²) in [5, 5.41) is 17.5. The Kier molecular flexibility index (Phi) is 3.84. The van der Waals surface area contributed by atoms with E-state index in [0.29, 0.717) is 16.6 Å².